The van der Waals surface area contributed by atoms with Gasteiger partial charge in [0.2, 0.25) is 10.0 Å². The van der Waals surface area contributed by atoms with Crippen LogP contribution in [0.15, 0.2) is 60.7 Å². The highest BCUT2D eigenvalue weighted by atomic mass is 32.2. The molecule has 0 saturated heterocycles. The first kappa shape index (κ1) is 23.2. The van der Waals surface area contributed by atoms with Crippen LogP contribution in [0.25, 0.3) is 27.7 Å². The van der Waals surface area contributed by atoms with Gasteiger partial charge in [-0.1, -0.05) is 6.07 Å². The number of hydrogen-bond acceptors (Lipinski definition) is 4. The highest BCUT2D eigenvalue weighted by Gasteiger charge is 2.18. The van der Waals surface area contributed by atoms with Gasteiger partial charge in [-0.05, 0) is 54.1 Å². The smallest absolute Gasteiger partial charge is 0.265 e. The quantitative estimate of drug-likeness (QED) is 0.430. The second kappa shape index (κ2) is 8.45. The molecule has 0 spiro atoms. The van der Waals surface area contributed by atoms with Gasteiger partial charge in [0.15, 0.2) is 0 Å². The lowest BCUT2D eigenvalue weighted by Gasteiger charge is -2.19. The topological polar surface area (TPSA) is 97.4 Å². The maximum Gasteiger partial charge on any atom is 0.265 e. The second-order valence-electron chi connectivity index (χ2n) is 8.13. The van der Waals surface area contributed by atoms with Gasteiger partial charge in [-0.25, -0.2) is 17.2 Å². The largest absolute Gasteiger partial charge is 0.378 e. The molecule has 3 N–H and O–H groups in total. The normalized spacial score (nSPS) is 11.6. The van der Waals surface area contributed by atoms with Crippen LogP contribution >= 0.6 is 0 Å². The van der Waals surface area contributed by atoms with E-state index in [0.717, 1.165) is 12.3 Å². The van der Waals surface area contributed by atoms with Crippen molar-refractivity contribution in [2.75, 3.05) is 30.0 Å². The number of nitrogens with one attached hydrogen (secondary N) is 1. The molecule has 0 radical (unpaired) electrons. The molecule has 0 aliphatic rings. The molecule has 0 fully saturated rings. The van der Waals surface area contributed by atoms with Gasteiger partial charge < -0.3 is 15.2 Å². The minimum absolute atomic E-state index is 0.160. The van der Waals surface area contributed by atoms with E-state index < -0.39 is 27.6 Å². The molecule has 34 heavy (non-hydrogen) atoms. The third-order valence-corrected chi connectivity index (χ3v) is 5.89. The van der Waals surface area contributed by atoms with Gasteiger partial charge in [0.25, 0.3) is 5.91 Å². The lowest BCUT2D eigenvalue weighted by atomic mass is 10.0. The molecule has 10 heteroatoms. The fourth-order valence-corrected chi connectivity index (χ4v) is 4.35. The molecule has 0 bridgehead atoms. The number of halogens is 2. The van der Waals surface area contributed by atoms with Crippen molar-refractivity contribution in [3.05, 3.63) is 78.0 Å². The van der Waals surface area contributed by atoms with E-state index in [4.69, 9.17) is 5.73 Å². The van der Waals surface area contributed by atoms with E-state index in [0.29, 0.717) is 33.5 Å². The Labute approximate surface area is 195 Å². The van der Waals surface area contributed by atoms with Gasteiger partial charge in [0, 0.05) is 42.5 Å². The van der Waals surface area contributed by atoms with E-state index in [2.05, 4.69) is 4.72 Å². The molecule has 0 saturated carbocycles. The lowest BCUT2D eigenvalue weighted by Crippen LogP contribution is -2.16. The minimum Gasteiger partial charge on any atom is -0.378 e. The van der Waals surface area contributed by atoms with Gasteiger partial charge >= 0.3 is 0 Å². The lowest BCUT2D eigenvalue weighted by molar-refractivity contribution is 0.0994. The van der Waals surface area contributed by atoms with E-state index >= 15 is 0 Å². The van der Waals surface area contributed by atoms with Crippen LogP contribution in [-0.4, -0.2) is 39.2 Å². The van der Waals surface area contributed by atoms with Crippen molar-refractivity contribution in [2.45, 2.75) is 0 Å². The molecule has 1 amide bonds. The van der Waals surface area contributed by atoms with Crippen LogP contribution in [0.2, 0.25) is 0 Å². The zero-order chi connectivity index (χ0) is 24.8. The summed E-state index contributed by atoms with van der Waals surface area (Å²) in [7, 11) is 0.0810. The van der Waals surface area contributed by atoms with Crippen molar-refractivity contribution in [3.8, 4) is 16.8 Å². The van der Waals surface area contributed by atoms with E-state index in [1.54, 1.807) is 66.0 Å². The highest BCUT2D eigenvalue weighted by molar-refractivity contribution is 7.92. The van der Waals surface area contributed by atoms with Gasteiger partial charge in [-0.3, -0.25) is 9.52 Å². The van der Waals surface area contributed by atoms with Gasteiger partial charge in [0.1, 0.15) is 17.3 Å². The SMILES string of the molecule is CN(C)c1cc(-c2ccc(F)cc2F)cc(-n2c(C(N)=O)cc3ccc(NS(C)(=O)=O)cc32)c1. The molecule has 0 aliphatic heterocycles. The summed E-state index contributed by atoms with van der Waals surface area (Å²) in [5, 5.41) is 0.651. The predicted octanol–water partition coefficient (Wildman–Crippen LogP) is 4.11. The molecule has 1 aromatic heterocycles. The minimum atomic E-state index is -3.53. The van der Waals surface area contributed by atoms with Crippen LogP contribution in [0.3, 0.4) is 0 Å². The number of fused-ring (bicyclic) bond motifs is 1. The molecular weight excluding hydrogens is 462 g/mol. The molecule has 3 aromatic carbocycles. The molecule has 7 nitrogen and oxygen atoms in total. The summed E-state index contributed by atoms with van der Waals surface area (Å²) in [4.78, 5) is 14.1. The number of benzene rings is 3. The Bertz CT molecular complexity index is 1550. The van der Waals surface area contributed by atoms with Crippen molar-refractivity contribution in [1.29, 1.82) is 0 Å². The third kappa shape index (κ3) is 4.58. The summed E-state index contributed by atoms with van der Waals surface area (Å²) in [5.41, 5.74) is 8.47. The summed E-state index contributed by atoms with van der Waals surface area (Å²) in [6, 6.07) is 14.9. The summed E-state index contributed by atoms with van der Waals surface area (Å²) in [6.45, 7) is 0. The number of rotatable bonds is 6. The number of nitrogens with zero attached hydrogens (tertiary/aromatic N) is 2. The number of carbonyl (C=O) groups excluding carboxylic acids is 1. The van der Waals surface area contributed by atoms with E-state index in [1.807, 2.05) is 0 Å². The number of nitrogens with two attached hydrogens (primary N) is 1. The standard InChI is InChI=1S/C24H22F2N4O3S/c1-29(2)18-8-15(20-7-5-16(25)11-21(20)26)9-19(13-18)30-22-12-17(28-34(3,32)33)6-4-14(22)10-23(30)24(27)31/h4-13,28H,1-3H3,(H2,27,31). The monoisotopic (exact) mass is 484 g/mol. The van der Waals surface area contributed by atoms with E-state index in [-0.39, 0.29) is 11.3 Å². The number of amides is 1. The predicted molar refractivity (Wildman–Crippen MR) is 130 cm³/mol. The van der Waals surface area contributed by atoms with Crippen LogP contribution in [0.1, 0.15) is 10.5 Å². The average Bonchev–Trinajstić information content (AvgIpc) is 3.11. The summed E-state index contributed by atoms with van der Waals surface area (Å²) < 4.78 is 55.6. The van der Waals surface area contributed by atoms with Crippen molar-refractivity contribution in [3.63, 3.8) is 0 Å². The Hall–Kier alpha value is -3.92. The Kier molecular flexibility index (Phi) is 5.78. The molecule has 176 valence electrons. The number of carbonyl (C=O) groups is 1. The van der Waals surface area contributed by atoms with Crippen LogP contribution in [-0.2, 0) is 10.0 Å². The van der Waals surface area contributed by atoms with Crippen LogP contribution in [0, 0.1) is 11.6 Å². The zero-order valence-electron chi connectivity index (χ0n) is 18.6. The maximum absolute atomic E-state index is 14.6. The summed E-state index contributed by atoms with van der Waals surface area (Å²) in [5.74, 6) is -2.11. The number of aromatic nitrogens is 1. The molecular formula is C24H22F2N4O3S. The summed E-state index contributed by atoms with van der Waals surface area (Å²) in [6.07, 6.45) is 1.04. The van der Waals surface area contributed by atoms with Crippen LogP contribution in [0.5, 0.6) is 0 Å². The number of hydrogen-bond donors (Lipinski definition) is 2. The summed E-state index contributed by atoms with van der Waals surface area (Å²) >= 11 is 0. The van der Waals surface area contributed by atoms with Crippen molar-refractivity contribution >= 4 is 38.2 Å². The second-order valence-corrected chi connectivity index (χ2v) is 9.88. The Morgan fingerprint density at radius 3 is 2.35 bits per heavy atom. The molecule has 4 rings (SSSR count). The van der Waals surface area contributed by atoms with Gasteiger partial charge in [-0.15, -0.1) is 0 Å². The fourth-order valence-electron chi connectivity index (χ4n) is 3.80. The van der Waals surface area contributed by atoms with E-state index in [9.17, 15) is 22.0 Å². The van der Waals surface area contributed by atoms with E-state index in [1.165, 1.54) is 12.1 Å². The van der Waals surface area contributed by atoms with Gasteiger partial charge in [0.05, 0.1) is 17.5 Å². The Balaban J connectivity index is 2.02. The van der Waals surface area contributed by atoms with Crippen molar-refractivity contribution in [2.24, 2.45) is 5.73 Å². The fraction of sp³-hybridized carbons (Fsp3) is 0.125. The molecule has 0 unspecified atom stereocenters. The number of anilines is 2. The maximum atomic E-state index is 14.6. The van der Waals surface area contributed by atoms with Crippen molar-refractivity contribution < 1.29 is 22.0 Å². The first-order valence-electron chi connectivity index (χ1n) is 10.1. The molecule has 1 heterocycles. The number of sulfonamides is 1. The molecule has 0 aliphatic carbocycles. The van der Waals surface area contributed by atoms with Gasteiger partial charge in [-0.2, -0.15) is 0 Å². The van der Waals surface area contributed by atoms with Crippen LogP contribution in [0.4, 0.5) is 20.2 Å². The Morgan fingerprint density at radius 1 is 1.00 bits per heavy atom. The van der Waals surface area contributed by atoms with Crippen LogP contribution < -0.4 is 15.4 Å². The zero-order valence-corrected chi connectivity index (χ0v) is 19.5. The first-order chi connectivity index (χ1) is 15.9. The highest BCUT2D eigenvalue weighted by Crippen LogP contribution is 2.33. The number of primary amides is 1. The molecule has 0 atom stereocenters. The molecule has 4 aromatic rings. The average molecular weight is 485 g/mol. The van der Waals surface area contributed by atoms with Crippen molar-refractivity contribution in [1.82, 2.24) is 4.57 Å². The Morgan fingerprint density at radius 2 is 1.74 bits per heavy atom. The third-order valence-electron chi connectivity index (χ3n) is 5.28. The first-order valence-corrected chi connectivity index (χ1v) is 12.0.